The minimum Gasteiger partial charge on any atom is -0.476 e. The number of hydrogen-bond donors (Lipinski definition) is 0. The van der Waals surface area contributed by atoms with Gasteiger partial charge < -0.3 is 28.4 Å². The molecule has 0 radical (unpaired) electrons. The van der Waals surface area contributed by atoms with Gasteiger partial charge in [0, 0.05) is 0 Å². The molecule has 0 unspecified atom stereocenters. The number of thioether (sulfide) groups is 1. The molecule has 0 aliphatic carbocycles. The maximum Gasteiger partial charge on any atom is 0.338 e. The molecule has 0 N–H and O–H groups in total. The van der Waals surface area contributed by atoms with Gasteiger partial charge in [-0.3, -0.25) is 0 Å². The van der Waals surface area contributed by atoms with Crippen LogP contribution in [0.2, 0.25) is 0 Å². The number of carbonyl (C=O) groups excluding carboxylic acids is 4. The number of nitrogens with zero attached hydrogens (tertiary/aromatic N) is 1. The van der Waals surface area contributed by atoms with Gasteiger partial charge in [0.2, 0.25) is 0 Å². The monoisotopic (exact) mass is 745 g/mol. The molecule has 54 heavy (non-hydrogen) atoms. The number of methoxy groups -OCH3 is 1. The molecule has 1 aliphatic heterocycles. The Morgan fingerprint density at radius 3 is 1.37 bits per heavy atom. The van der Waals surface area contributed by atoms with Crippen LogP contribution >= 0.6 is 11.8 Å². The Balaban J connectivity index is 1.43. The SMILES string of the molecule is COC(=Nc1ccccc1)S[C@@H]1O[C@H](COC(=O)c2ccccc2)[C@@H](OC(=O)c2ccccc2)[C@H](OC(=O)c2ccccc2)[C@H]1OC(=O)c1ccccc1. The molecule has 1 saturated heterocycles. The average Bonchev–Trinajstić information content (AvgIpc) is 3.23. The van der Waals surface area contributed by atoms with E-state index in [1.165, 1.54) is 7.11 Å². The van der Waals surface area contributed by atoms with E-state index in [1.54, 1.807) is 146 Å². The first-order valence-electron chi connectivity index (χ1n) is 16.9. The summed E-state index contributed by atoms with van der Waals surface area (Å²) in [5.41, 5.74) is 0.208. The van der Waals surface area contributed by atoms with Crippen molar-refractivity contribution >= 4 is 46.6 Å². The van der Waals surface area contributed by atoms with Crippen molar-refractivity contribution in [3.8, 4) is 0 Å². The predicted octanol–water partition coefficient (Wildman–Crippen LogP) is 7.31. The predicted molar refractivity (Wildman–Crippen MR) is 200 cm³/mol. The van der Waals surface area contributed by atoms with E-state index in [-0.39, 0.29) is 27.5 Å². The summed E-state index contributed by atoms with van der Waals surface area (Å²) in [5.74, 6) is -3.02. The zero-order valence-electron chi connectivity index (χ0n) is 29.0. The average molecular weight is 746 g/mol. The van der Waals surface area contributed by atoms with Crippen LogP contribution in [0.25, 0.3) is 0 Å². The van der Waals surface area contributed by atoms with Gasteiger partial charge in [-0.25, -0.2) is 24.2 Å². The zero-order valence-corrected chi connectivity index (χ0v) is 29.8. The third kappa shape index (κ3) is 9.79. The van der Waals surface area contributed by atoms with Gasteiger partial charge in [0.15, 0.2) is 23.7 Å². The summed E-state index contributed by atoms with van der Waals surface area (Å²) < 4.78 is 36.2. The lowest BCUT2D eigenvalue weighted by atomic mass is 9.98. The van der Waals surface area contributed by atoms with Crippen molar-refractivity contribution in [2.45, 2.75) is 29.9 Å². The fourth-order valence-electron chi connectivity index (χ4n) is 5.45. The number of rotatable bonds is 11. The molecular weight excluding hydrogens is 711 g/mol. The van der Waals surface area contributed by atoms with Gasteiger partial charge in [-0.2, -0.15) is 0 Å². The van der Waals surface area contributed by atoms with Crippen LogP contribution < -0.4 is 0 Å². The van der Waals surface area contributed by atoms with E-state index in [2.05, 4.69) is 4.99 Å². The van der Waals surface area contributed by atoms with Crippen molar-refractivity contribution in [1.82, 2.24) is 0 Å². The van der Waals surface area contributed by atoms with Gasteiger partial charge in [-0.05, 0) is 72.4 Å². The highest BCUT2D eigenvalue weighted by atomic mass is 32.2. The van der Waals surface area contributed by atoms with Gasteiger partial charge in [-0.15, -0.1) is 0 Å². The fraction of sp³-hybridized carbons (Fsp3) is 0.167. The number of carbonyl (C=O) groups is 4. The summed E-state index contributed by atoms with van der Waals surface area (Å²) in [6.45, 7) is -0.450. The number of ether oxygens (including phenoxy) is 6. The van der Waals surface area contributed by atoms with E-state index < -0.39 is 60.3 Å². The van der Waals surface area contributed by atoms with Crippen LogP contribution in [-0.2, 0) is 28.4 Å². The van der Waals surface area contributed by atoms with Crippen molar-refractivity contribution in [1.29, 1.82) is 0 Å². The highest BCUT2D eigenvalue weighted by Gasteiger charge is 2.54. The van der Waals surface area contributed by atoms with Crippen molar-refractivity contribution < 1.29 is 47.6 Å². The molecule has 274 valence electrons. The molecule has 6 rings (SSSR count). The second-order valence-corrected chi connectivity index (χ2v) is 12.8. The van der Waals surface area contributed by atoms with Crippen molar-refractivity contribution in [2.24, 2.45) is 4.99 Å². The van der Waals surface area contributed by atoms with Crippen molar-refractivity contribution in [3.05, 3.63) is 174 Å². The normalized spacial score (nSPS) is 19.5. The van der Waals surface area contributed by atoms with Crippen molar-refractivity contribution in [3.63, 3.8) is 0 Å². The van der Waals surface area contributed by atoms with Crippen LogP contribution in [0.1, 0.15) is 41.4 Å². The van der Waals surface area contributed by atoms with Gasteiger partial charge in [0.1, 0.15) is 12.7 Å². The lowest BCUT2D eigenvalue weighted by Gasteiger charge is -2.44. The van der Waals surface area contributed by atoms with Crippen LogP contribution in [0.4, 0.5) is 5.69 Å². The molecule has 11 nitrogen and oxygen atoms in total. The van der Waals surface area contributed by atoms with Gasteiger partial charge in [0.05, 0.1) is 35.1 Å². The summed E-state index contributed by atoms with van der Waals surface area (Å²) in [6, 6.07) is 41.9. The second-order valence-electron chi connectivity index (χ2n) is 11.8. The van der Waals surface area contributed by atoms with Crippen LogP contribution in [0, 0.1) is 0 Å². The number of benzene rings is 5. The molecule has 1 fully saturated rings. The van der Waals surface area contributed by atoms with Crippen molar-refractivity contribution in [2.75, 3.05) is 13.7 Å². The summed E-state index contributed by atoms with van der Waals surface area (Å²) in [4.78, 5) is 59.0. The molecule has 0 amide bonds. The molecule has 12 heteroatoms. The van der Waals surface area contributed by atoms with E-state index >= 15 is 0 Å². The first kappa shape index (κ1) is 37.5. The van der Waals surface area contributed by atoms with Gasteiger partial charge in [0.25, 0.3) is 5.23 Å². The molecule has 1 heterocycles. The number of para-hydroxylation sites is 1. The Bertz CT molecular complexity index is 2030. The highest BCUT2D eigenvalue weighted by molar-refractivity contribution is 8.14. The maximum absolute atomic E-state index is 13.8. The zero-order chi connectivity index (χ0) is 37.7. The van der Waals surface area contributed by atoms with Gasteiger partial charge in [-0.1, -0.05) is 91.0 Å². The first-order chi connectivity index (χ1) is 26.4. The molecule has 0 bridgehead atoms. The third-order valence-electron chi connectivity index (χ3n) is 8.11. The number of aliphatic imine (C=N–C) groups is 1. The lowest BCUT2D eigenvalue weighted by molar-refractivity contribution is -0.207. The molecule has 0 saturated carbocycles. The molecule has 5 atom stereocenters. The second kappa shape index (κ2) is 18.5. The Kier molecular flexibility index (Phi) is 12.8. The smallest absolute Gasteiger partial charge is 0.338 e. The minimum absolute atomic E-state index is 0.111. The van der Waals surface area contributed by atoms with E-state index in [0.29, 0.717) is 5.69 Å². The lowest BCUT2D eigenvalue weighted by Crippen LogP contribution is -2.62. The molecule has 5 aromatic carbocycles. The topological polar surface area (TPSA) is 136 Å². The fourth-order valence-corrected chi connectivity index (χ4v) is 6.45. The summed E-state index contributed by atoms with van der Waals surface area (Å²) in [7, 11) is 1.42. The molecular formula is C42H35NO10S. The molecule has 1 aliphatic rings. The molecule has 0 spiro atoms. The van der Waals surface area contributed by atoms with Crippen LogP contribution in [0.3, 0.4) is 0 Å². The Labute approximate surface area is 315 Å². The highest BCUT2D eigenvalue weighted by Crippen LogP contribution is 2.37. The maximum atomic E-state index is 13.8. The third-order valence-corrected chi connectivity index (χ3v) is 9.18. The quantitative estimate of drug-likeness (QED) is 0.0583. The summed E-state index contributed by atoms with van der Waals surface area (Å²) in [5, 5.41) is 0.111. The van der Waals surface area contributed by atoms with Crippen LogP contribution in [0.15, 0.2) is 157 Å². The van der Waals surface area contributed by atoms with Crippen LogP contribution in [0.5, 0.6) is 0 Å². The minimum atomic E-state index is -1.50. The van der Waals surface area contributed by atoms with E-state index in [9.17, 15) is 19.2 Å². The largest absolute Gasteiger partial charge is 0.476 e. The van der Waals surface area contributed by atoms with E-state index in [1.807, 2.05) is 6.07 Å². The standard InChI is InChI=1S/C42H35NO10S/c1-48-42(43-32-25-15-6-16-26-32)54-41-36(53-40(47)31-23-13-5-14-24-31)35(52-39(46)30-21-11-4-12-22-30)34(51-38(45)29-19-9-3-10-20-29)33(50-41)27-49-37(44)28-17-7-2-8-18-28/h2-26,33-36,41H,27H2,1H3/t33-,34-,35+,36-,41+/m1/s1. The summed E-state index contributed by atoms with van der Waals surface area (Å²) >= 11 is 0.940. The Morgan fingerprint density at radius 2 is 0.926 bits per heavy atom. The Morgan fingerprint density at radius 1 is 0.537 bits per heavy atom. The van der Waals surface area contributed by atoms with Gasteiger partial charge >= 0.3 is 23.9 Å². The van der Waals surface area contributed by atoms with E-state index in [4.69, 9.17) is 28.4 Å². The molecule has 0 aromatic heterocycles. The Hall–Kier alpha value is -6.24. The first-order valence-corrected chi connectivity index (χ1v) is 17.8. The number of esters is 4. The number of hydrogen-bond acceptors (Lipinski definition) is 12. The van der Waals surface area contributed by atoms with Crippen LogP contribution in [-0.4, -0.2) is 72.7 Å². The van der Waals surface area contributed by atoms with E-state index in [0.717, 1.165) is 11.8 Å². The summed E-state index contributed by atoms with van der Waals surface area (Å²) in [6.07, 6.45) is -5.64. The molecule has 5 aromatic rings.